The molecule has 0 spiro atoms. The van der Waals surface area contributed by atoms with E-state index < -0.39 is 36.5 Å². The molecule has 1 unspecified atom stereocenters. The fourth-order valence-corrected chi connectivity index (χ4v) is 11.3. The van der Waals surface area contributed by atoms with Crippen molar-refractivity contribution in [2.75, 3.05) is 81.8 Å². The summed E-state index contributed by atoms with van der Waals surface area (Å²) in [6.07, 6.45) is 5.14. The molecule has 3 aliphatic rings. The summed E-state index contributed by atoms with van der Waals surface area (Å²) in [5.74, 6) is -2.10. The van der Waals surface area contributed by atoms with E-state index in [0.29, 0.717) is 63.1 Å². The van der Waals surface area contributed by atoms with E-state index in [1.807, 2.05) is 12.1 Å². The number of fused-ring (bicyclic) bond motifs is 1. The number of rotatable bonds is 13. The monoisotopic (exact) mass is 973 g/mol. The highest BCUT2D eigenvalue weighted by Gasteiger charge is 2.33. The highest BCUT2D eigenvalue weighted by molar-refractivity contribution is 9.10. The van der Waals surface area contributed by atoms with E-state index in [9.17, 15) is 18.9 Å². The third-order valence-electron chi connectivity index (χ3n) is 13.0. The number of piperazine rings is 1. The van der Waals surface area contributed by atoms with Gasteiger partial charge in [0, 0.05) is 94.9 Å². The standard InChI is InChI=1S/C47H55BrF2N9O5P/c1-6-29-25-37(53-47-51-27-33(48)45(55-47)52-36-10-7-30-8-12-41(61)56(2)43(30)44(36)65(4,5)63)39(64-3)26-38(29)59-17-14-31(15-18-59)58-21-19-57(20-22-58)16-13-28-23-34(49)42(35(50)24-28)32-9-11-40(60)54-46(32)62/h7-8,10,12,23-27,31-32H,6,9,11,13-22H2,1-5H3,(H,54,60,62)(H2,51,52,53,55). The highest BCUT2D eigenvalue weighted by atomic mass is 79.9. The summed E-state index contributed by atoms with van der Waals surface area (Å²) in [5, 5.41) is 10.3. The summed E-state index contributed by atoms with van der Waals surface area (Å²) < 4.78 is 52.0. The molecule has 0 radical (unpaired) electrons. The molecule has 18 heteroatoms. The summed E-state index contributed by atoms with van der Waals surface area (Å²) >= 11 is 3.58. The van der Waals surface area contributed by atoms with E-state index >= 15 is 8.78 Å². The number of ether oxygens (including phenoxy) is 1. The van der Waals surface area contributed by atoms with Gasteiger partial charge >= 0.3 is 0 Å². The van der Waals surface area contributed by atoms with Crippen LogP contribution >= 0.6 is 23.1 Å². The minimum atomic E-state index is -2.89. The first-order chi connectivity index (χ1) is 31.1. The molecule has 2 aromatic heterocycles. The van der Waals surface area contributed by atoms with E-state index in [1.54, 1.807) is 39.8 Å². The molecule has 0 bridgehead atoms. The molecular weight excluding hydrogens is 919 g/mol. The second-order valence-corrected chi connectivity index (χ2v) is 21.5. The second-order valence-electron chi connectivity index (χ2n) is 17.5. The van der Waals surface area contributed by atoms with Crippen molar-refractivity contribution in [1.29, 1.82) is 0 Å². The summed E-state index contributed by atoms with van der Waals surface area (Å²) in [6.45, 7) is 11.6. The third-order valence-corrected chi connectivity index (χ3v) is 15.1. The van der Waals surface area contributed by atoms with Crippen LogP contribution in [0.5, 0.6) is 5.75 Å². The van der Waals surface area contributed by atoms with Gasteiger partial charge in [-0.3, -0.25) is 24.6 Å². The fourth-order valence-electron chi connectivity index (χ4n) is 9.53. The smallest absolute Gasteiger partial charge is 0.250 e. The lowest BCUT2D eigenvalue weighted by atomic mass is 9.89. The number of carbonyl (C=O) groups excluding carboxylic acids is 2. The number of benzene rings is 3. The molecule has 65 heavy (non-hydrogen) atoms. The Hall–Kier alpha value is -5.22. The maximum atomic E-state index is 15.1. The molecule has 2 amide bonds. The lowest BCUT2D eigenvalue weighted by molar-refractivity contribution is -0.134. The number of aromatic nitrogens is 3. The lowest BCUT2D eigenvalue weighted by Gasteiger charge is -2.43. The Morgan fingerprint density at radius 1 is 0.923 bits per heavy atom. The van der Waals surface area contributed by atoms with Gasteiger partial charge in [-0.2, -0.15) is 4.98 Å². The van der Waals surface area contributed by atoms with Crippen molar-refractivity contribution >= 4 is 79.9 Å². The van der Waals surface area contributed by atoms with E-state index in [-0.39, 0.29) is 24.0 Å². The molecule has 5 aromatic rings. The van der Waals surface area contributed by atoms with E-state index in [4.69, 9.17) is 9.72 Å². The van der Waals surface area contributed by atoms with Crippen molar-refractivity contribution in [2.45, 2.75) is 57.4 Å². The van der Waals surface area contributed by atoms with Gasteiger partial charge in [0.25, 0.3) is 5.56 Å². The van der Waals surface area contributed by atoms with Crippen LogP contribution < -0.4 is 36.5 Å². The summed E-state index contributed by atoms with van der Waals surface area (Å²) in [5.41, 5.74) is 4.32. The minimum Gasteiger partial charge on any atom is -0.494 e. The van der Waals surface area contributed by atoms with Crippen LogP contribution in [0.3, 0.4) is 0 Å². The number of pyridine rings is 1. The Labute approximate surface area is 385 Å². The zero-order valence-corrected chi connectivity index (χ0v) is 39.8. The Bertz CT molecular complexity index is 2730. The number of hydrogen-bond acceptors (Lipinski definition) is 12. The zero-order chi connectivity index (χ0) is 46.2. The van der Waals surface area contributed by atoms with Crippen LogP contribution in [0.2, 0.25) is 0 Å². The molecule has 344 valence electrons. The SMILES string of the molecule is CCc1cc(Nc2ncc(Br)c(Nc3ccc4ccc(=O)n(C)c4c3P(C)(C)=O)n2)c(OC)cc1N1CCC(N2CCN(CCc3cc(F)c(C4CCC(=O)NC4=O)c(F)c3)CC2)CC1. The van der Waals surface area contributed by atoms with Crippen molar-refractivity contribution < 1.29 is 27.7 Å². The Kier molecular flexibility index (Phi) is 13.8. The number of imide groups is 1. The van der Waals surface area contributed by atoms with Gasteiger partial charge in [0.1, 0.15) is 30.3 Å². The number of aryl methyl sites for hydroxylation is 2. The highest BCUT2D eigenvalue weighted by Crippen LogP contribution is 2.42. The van der Waals surface area contributed by atoms with Crippen LogP contribution in [-0.2, 0) is 34.0 Å². The predicted molar refractivity (Wildman–Crippen MR) is 255 cm³/mol. The number of hydrogen-bond donors (Lipinski definition) is 3. The van der Waals surface area contributed by atoms with Crippen LogP contribution in [0.15, 0.2) is 64.0 Å². The van der Waals surface area contributed by atoms with Gasteiger partial charge in [0.2, 0.25) is 17.8 Å². The van der Waals surface area contributed by atoms with Crippen molar-refractivity contribution in [3.63, 3.8) is 0 Å². The van der Waals surface area contributed by atoms with Gasteiger partial charge in [-0.1, -0.05) is 13.0 Å². The number of carbonyl (C=O) groups is 2. The molecule has 3 aromatic carbocycles. The third kappa shape index (κ3) is 9.98. The average Bonchev–Trinajstić information content (AvgIpc) is 3.28. The predicted octanol–water partition coefficient (Wildman–Crippen LogP) is 7.02. The maximum Gasteiger partial charge on any atom is 0.250 e. The first kappa shape index (κ1) is 46.3. The maximum absolute atomic E-state index is 15.1. The summed E-state index contributed by atoms with van der Waals surface area (Å²) in [4.78, 5) is 53.1. The average molecular weight is 975 g/mol. The quantitative estimate of drug-likeness (QED) is 0.0821. The van der Waals surface area contributed by atoms with Crippen LogP contribution in [0.4, 0.5) is 37.6 Å². The van der Waals surface area contributed by atoms with Crippen LogP contribution in [0, 0.1) is 11.6 Å². The Morgan fingerprint density at radius 2 is 1.63 bits per heavy atom. The van der Waals surface area contributed by atoms with Gasteiger partial charge in [-0.15, -0.1) is 0 Å². The molecule has 3 aliphatic heterocycles. The fraction of sp³-hybridized carbons (Fsp3) is 0.426. The van der Waals surface area contributed by atoms with Crippen LogP contribution in [0.1, 0.15) is 55.2 Å². The first-order valence-electron chi connectivity index (χ1n) is 22.1. The molecule has 3 saturated heterocycles. The van der Waals surface area contributed by atoms with Gasteiger partial charge < -0.3 is 34.3 Å². The van der Waals surface area contributed by atoms with Gasteiger partial charge in [0.15, 0.2) is 0 Å². The molecule has 0 saturated carbocycles. The topological polar surface area (TPSA) is 154 Å². The van der Waals surface area contributed by atoms with E-state index in [1.165, 1.54) is 22.8 Å². The first-order valence-corrected chi connectivity index (χ1v) is 25.5. The Balaban J connectivity index is 0.881. The minimum absolute atomic E-state index is 0.0600. The lowest BCUT2D eigenvalue weighted by Crippen LogP contribution is -2.53. The van der Waals surface area contributed by atoms with E-state index in [2.05, 4.69) is 70.6 Å². The van der Waals surface area contributed by atoms with Crippen LogP contribution in [0.25, 0.3) is 10.9 Å². The number of nitrogens with zero attached hydrogens (tertiary/aromatic N) is 6. The van der Waals surface area contributed by atoms with E-state index in [0.717, 1.165) is 80.9 Å². The molecule has 14 nitrogen and oxygen atoms in total. The van der Waals surface area contributed by atoms with Crippen molar-refractivity contribution in [3.8, 4) is 5.75 Å². The van der Waals surface area contributed by atoms with Crippen LogP contribution in [-0.4, -0.2) is 108 Å². The largest absolute Gasteiger partial charge is 0.494 e. The molecule has 3 fully saturated rings. The zero-order valence-electron chi connectivity index (χ0n) is 37.3. The van der Waals surface area contributed by atoms with Gasteiger partial charge in [0.05, 0.1) is 39.7 Å². The van der Waals surface area contributed by atoms with Crippen molar-refractivity contribution in [1.82, 2.24) is 29.7 Å². The number of halogens is 3. The summed E-state index contributed by atoms with van der Waals surface area (Å²) in [6, 6.07) is 14.3. The molecule has 5 heterocycles. The molecule has 0 aliphatic carbocycles. The second kappa shape index (κ2) is 19.3. The van der Waals surface area contributed by atoms with Gasteiger partial charge in [-0.05, 0) is 108 Å². The van der Waals surface area contributed by atoms with Crippen molar-refractivity contribution in [2.24, 2.45) is 7.05 Å². The summed E-state index contributed by atoms with van der Waals surface area (Å²) in [7, 11) is 0.444. The number of amides is 2. The normalized spacial score (nSPS) is 18.0. The Morgan fingerprint density at radius 3 is 2.29 bits per heavy atom. The van der Waals surface area contributed by atoms with Crippen molar-refractivity contribution in [3.05, 3.63) is 97.9 Å². The number of methoxy groups -OCH3 is 1. The molecule has 8 rings (SSSR count). The molecular formula is C47H55BrF2N9O5P. The van der Waals surface area contributed by atoms with Gasteiger partial charge in [-0.25, -0.2) is 13.8 Å². The molecule has 3 N–H and O–H groups in total. The molecule has 1 atom stereocenters. The number of nitrogens with one attached hydrogen (secondary N) is 3. The number of piperidine rings is 2. The number of anilines is 5.